The van der Waals surface area contributed by atoms with Crippen LogP contribution < -0.4 is 16.4 Å². The third-order valence-electron chi connectivity index (χ3n) is 6.53. The lowest BCUT2D eigenvalue weighted by Crippen LogP contribution is -2.66. The van der Waals surface area contributed by atoms with Gasteiger partial charge in [0.2, 0.25) is 6.42 Å². The van der Waals surface area contributed by atoms with Crippen LogP contribution in [0.4, 0.5) is 4.32 Å². The molecule has 2 aliphatic carbocycles. The maximum atomic E-state index is 18.0. The number of hydrogen-bond acceptors (Lipinski definition) is 0. The van der Waals surface area contributed by atoms with Gasteiger partial charge in [-0.05, 0) is 47.1 Å². The third-order valence-corrected chi connectivity index (χ3v) is 6.53. The molecule has 0 aliphatic heterocycles. The van der Waals surface area contributed by atoms with Crippen molar-refractivity contribution in [2.24, 2.45) is 0 Å². The van der Waals surface area contributed by atoms with Crippen LogP contribution in [-0.4, -0.2) is 6.42 Å². The van der Waals surface area contributed by atoms with Gasteiger partial charge in [-0.2, -0.15) is 16.4 Å². The first-order valence-corrected chi connectivity index (χ1v) is 10.7. The molecule has 0 spiro atoms. The standard InChI is InChI=1S/C28H29BF/c1-18-14-20(3)27(21(4)15-18)29(30,28-22(5)16-19(2)17-23(28)6)26-13-12-24-10-8-7-9-11-25(24)26/h7-17H,1-6H3/q-1. The number of aryl methyl sites for hydroxylation is 6. The van der Waals surface area contributed by atoms with E-state index in [1.165, 1.54) is 11.1 Å². The average molecular weight is 395 g/mol. The minimum Gasteiger partial charge on any atom is -0.498 e. The molecule has 2 aromatic rings. The van der Waals surface area contributed by atoms with E-state index in [1.54, 1.807) is 0 Å². The Labute approximate surface area is 180 Å². The fraction of sp³-hybridized carbons (Fsp3) is 0.214. The summed E-state index contributed by atoms with van der Waals surface area (Å²) in [7, 11) is 0. The first-order chi connectivity index (χ1) is 14.2. The topological polar surface area (TPSA) is 0 Å². The molecule has 0 saturated carbocycles. The van der Waals surface area contributed by atoms with Crippen molar-refractivity contribution in [1.29, 1.82) is 0 Å². The molecule has 0 amide bonds. The summed E-state index contributed by atoms with van der Waals surface area (Å²) in [4.78, 5) is 0. The van der Waals surface area contributed by atoms with Gasteiger partial charge in [-0.25, -0.2) is 0 Å². The van der Waals surface area contributed by atoms with Crippen LogP contribution in [-0.2, 0) is 0 Å². The number of fused-ring (bicyclic) bond motifs is 1. The van der Waals surface area contributed by atoms with Crippen molar-refractivity contribution >= 4 is 22.8 Å². The van der Waals surface area contributed by atoms with Gasteiger partial charge in [0.15, 0.2) is 0 Å². The highest BCUT2D eigenvalue weighted by atomic mass is 19.1. The number of halogens is 1. The molecule has 0 atom stereocenters. The molecule has 0 radical (unpaired) electrons. The molecule has 30 heavy (non-hydrogen) atoms. The molecule has 0 nitrogen and oxygen atoms in total. The minimum absolute atomic E-state index is 0.784. The van der Waals surface area contributed by atoms with E-state index in [0.717, 1.165) is 49.8 Å². The second-order valence-electron chi connectivity index (χ2n) is 8.95. The second kappa shape index (κ2) is 7.43. The average Bonchev–Trinajstić information content (AvgIpc) is 2.89. The van der Waals surface area contributed by atoms with E-state index in [4.69, 9.17) is 0 Å². The molecule has 0 fully saturated rings. The lowest BCUT2D eigenvalue weighted by molar-refractivity contribution is 0.839. The first-order valence-electron chi connectivity index (χ1n) is 10.7. The summed E-state index contributed by atoms with van der Waals surface area (Å²) in [5.41, 5.74) is 10.9. The van der Waals surface area contributed by atoms with E-state index in [0.29, 0.717) is 0 Å². The minimum atomic E-state index is -2.64. The molecule has 152 valence electrons. The second-order valence-corrected chi connectivity index (χ2v) is 8.95. The number of rotatable bonds is 3. The zero-order valence-electron chi connectivity index (χ0n) is 18.8. The van der Waals surface area contributed by atoms with Crippen LogP contribution in [0.1, 0.15) is 33.4 Å². The third kappa shape index (κ3) is 3.15. The molecule has 2 heteroatoms. The Kier molecular flexibility index (Phi) is 5.06. The smallest absolute Gasteiger partial charge is 0.235 e. The van der Waals surface area contributed by atoms with Crippen molar-refractivity contribution in [1.82, 2.24) is 0 Å². The predicted octanol–water partition coefficient (Wildman–Crippen LogP) is 5.58. The van der Waals surface area contributed by atoms with Crippen molar-refractivity contribution in [2.45, 2.75) is 41.5 Å². The Morgan fingerprint density at radius 1 is 0.567 bits per heavy atom. The zero-order chi connectivity index (χ0) is 21.6. The molecule has 0 heterocycles. The van der Waals surface area contributed by atoms with Gasteiger partial charge in [0.05, 0.1) is 0 Å². The van der Waals surface area contributed by atoms with E-state index in [9.17, 15) is 0 Å². The monoisotopic (exact) mass is 395 g/mol. The predicted molar refractivity (Wildman–Crippen MR) is 130 cm³/mol. The van der Waals surface area contributed by atoms with Gasteiger partial charge in [0, 0.05) is 0 Å². The lowest BCUT2D eigenvalue weighted by Gasteiger charge is -2.41. The zero-order valence-corrected chi connectivity index (χ0v) is 18.8. The Morgan fingerprint density at radius 3 is 1.53 bits per heavy atom. The largest absolute Gasteiger partial charge is 0.498 e. The Morgan fingerprint density at radius 2 is 1.03 bits per heavy atom. The Balaban J connectivity index is 2.16. The van der Waals surface area contributed by atoms with Crippen LogP contribution in [0.3, 0.4) is 0 Å². The van der Waals surface area contributed by atoms with Crippen LogP contribution in [0.25, 0.3) is 11.1 Å². The molecular weight excluding hydrogens is 366 g/mol. The van der Waals surface area contributed by atoms with Crippen LogP contribution in [0.15, 0.2) is 66.7 Å². The Hall–Kier alpha value is -2.87. The van der Waals surface area contributed by atoms with Crippen LogP contribution in [0, 0.1) is 41.5 Å². The van der Waals surface area contributed by atoms with Crippen molar-refractivity contribution in [3.05, 3.63) is 100 Å². The summed E-state index contributed by atoms with van der Waals surface area (Å²) in [6.07, 6.45) is -2.64. The number of benzene rings is 2. The summed E-state index contributed by atoms with van der Waals surface area (Å²) < 4.78 is 18.0. The van der Waals surface area contributed by atoms with E-state index >= 15 is 4.32 Å². The number of hydrogen-bond donors (Lipinski definition) is 0. The summed E-state index contributed by atoms with van der Waals surface area (Å²) in [6.45, 7) is 12.4. The summed E-state index contributed by atoms with van der Waals surface area (Å²) in [5, 5.41) is 0. The summed E-state index contributed by atoms with van der Waals surface area (Å²) in [6, 6.07) is 22.7. The SMILES string of the molecule is Cc1cc(C)c([B-](F)(c2ccc3cccccc2-3)c2c(C)cc(C)cc2C)c(C)c1. The molecule has 2 aliphatic rings. The Bertz CT molecular complexity index is 1120. The van der Waals surface area contributed by atoms with Gasteiger partial charge in [-0.1, -0.05) is 106 Å². The molecule has 4 rings (SSSR count). The van der Waals surface area contributed by atoms with Gasteiger partial charge in [-0.3, -0.25) is 0 Å². The van der Waals surface area contributed by atoms with E-state index in [1.807, 2.05) is 24.3 Å². The van der Waals surface area contributed by atoms with Crippen molar-refractivity contribution < 1.29 is 4.32 Å². The maximum absolute atomic E-state index is 18.0. The molecule has 0 unspecified atom stereocenters. The summed E-state index contributed by atoms with van der Waals surface area (Å²) in [5.74, 6) is 0. The maximum Gasteiger partial charge on any atom is 0.235 e. The highest BCUT2D eigenvalue weighted by Crippen LogP contribution is 2.27. The highest BCUT2D eigenvalue weighted by molar-refractivity contribution is 7.08. The van der Waals surface area contributed by atoms with Crippen molar-refractivity contribution in [3.8, 4) is 11.1 Å². The van der Waals surface area contributed by atoms with E-state index in [2.05, 4.69) is 84.0 Å². The molecule has 0 saturated heterocycles. The van der Waals surface area contributed by atoms with E-state index in [-0.39, 0.29) is 0 Å². The molecule has 2 aromatic carbocycles. The first kappa shape index (κ1) is 20.4. The summed E-state index contributed by atoms with van der Waals surface area (Å²) >= 11 is 0. The molecule has 0 bridgehead atoms. The van der Waals surface area contributed by atoms with Crippen LogP contribution in [0.2, 0.25) is 0 Å². The van der Waals surface area contributed by atoms with Crippen LogP contribution >= 0.6 is 0 Å². The van der Waals surface area contributed by atoms with E-state index < -0.39 is 6.42 Å². The van der Waals surface area contributed by atoms with Gasteiger partial charge in [-0.15, -0.1) is 0 Å². The quantitative estimate of drug-likeness (QED) is 0.398. The fourth-order valence-electron chi connectivity index (χ4n) is 5.68. The fourth-order valence-corrected chi connectivity index (χ4v) is 5.68. The highest BCUT2D eigenvalue weighted by Gasteiger charge is 2.37. The lowest BCUT2D eigenvalue weighted by atomic mass is 9.28. The molecule has 0 aromatic heterocycles. The molecular formula is C28H29BF-. The normalized spacial score (nSPS) is 11.8. The van der Waals surface area contributed by atoms with Gasteiger partial charge < -0.3 is 4.32 Å². The van der Waals surface area contributed by atoms with Crippen molar-refractivity contribution in [3.63, 3.8) is 0 Å². The van der Waals surface area contributed by atoms with Crippen LogP contribution in [0.5, 0.6) is 0 Å². The molecule has 0 N–H and O–H groups in total. The van der Waals surface area contributed by atoms with Gasteiger partial charge in [0.25, 0.3) is 0 Å². The van der Waals surface area contributed by atoms with Gasteiger partial charge >= 0.3 is 0 Å². The van der Waals surface area contributed by atoms with Gasteiger partial charge in [0.1, 0.15) is 0 Å². The van der Waals surface area contributed by atoms with Crippen molar-refractivity contribution in [2.75, 3.05) is 0 Å².